The lowest BCUT2D eigenvalue weighted by Crippen LogP contribution is -2.33. The molecule has 0 aliphatic heterocycles. The molecule has 0 aliphatic rings. The molecule has 0 spiro atoms. The SMILES string of the molecule is CCN(CC)C(=O)COCCCCCN. The summed E-state index contributed by atoms with van der Waals surface area (Å²) in [5, 5.41) is 0. The largest absolute Gasteiger partial charge is 0.372 e. The molecule has 0 aliphatic carbocycles. The van der Waals surface area contributed by atoms with Gasteiger partial charge in [-0.2, -0.15) is 0 Å². The summed E-state index contributed by atoms with van der Waals surface area (Å²) in [6, 6.07) is 0. The van der Waals surface area contributed by atoms with E-state index in [-0.39, 0.29) is 12.5 Å². The van der Waals surface area contributed by atoms with Crippen LogP contribution in [0.2, 0.25) is 0 Å². The maximum atomic E-state index is 11.5. The summed E-state index contributed by atoms with van der Waals surface area (Å²) in [7, 11) is 0. The van der Waals surface area contributed by atoms with Crippen LogP contribution in [0.5, 0.6) is 0 Å². The Morgan fingerprint density at radius 1 is 1.20 bits per heavy atom. The van der Waals surface area contributed by atoms with Crippen LogP contribution in [0.25, 0.3) is 0 Å². The molecule has 4 nitrogen and oxygen atoms in total. The van der Waals surface area contributed by atoms with Crippen molar-refractivity contribution in [3.63, 3.8) is 0 Å². The first kappa shape index (κ1) is 14.4. The van der Waals surface area contributed by atoms with E-state index >= 15 is 0 Å². The standard InChI is InChI=1S/C11H24N2O2/c1-3-13(4-2)11(14)10-15-9-7-5-6-8-12/h3-10,12H2,1-2H3. The normalized spacial score (nSPS) is 10.3. The first-order chi connectivity index (χ1) is 7.26. The summed E-state index contributed by atoms with van der Waals surface area (Å²) >= 11 is 0. The molecule has 0 aromatic rings. The van der Waals surface area contributed by atoms with Crippen LogP contribution in [0.1, 0.15) is 33.1 Å². The molecule has 2 N–H and O–H groups in total. The van der Waals surface area contributed by atoms with E-state index in [1.54, 1.807) is 4.90 Å². The van der Waals surface area contributed by atoms with E-state index in [0.29, 0.717) is 6.61 Å². The van der Waals surface area contributed by atoms with Crippen LogP contribution in [-0.2, 0) is 9.53 Å². The van der Waals surface area contributed by atoms with E-state index in [4.69, 9.17) is 10.5 Å². The number of amides is 1. The molecule has 0 unspecified atom stereocenters. The second-order valence-corrected chi connectivity index (χ2v) is 3.47. The fraction of sp³-hybridized carbons (Fsp3) is 0.909. The highest BCUT2D eigenvalue weighted by Gasteiger charge is 2.08. The summed E-state index contributed by atoms with van der Waals surface area (Å²) < 4.78 is 5.29. The quantitative estimate of drug-likeness (QED) is 0.585. The maximum Gasteiger partial charge on any atom is 0.248 e. The molecule has 15 heavy (non-hydrogen) atoms. The van der Waals surface area contributed by atoms with Gasteiger partial charge in [-0.1, -0.05) is 0 Å². The van der Waals surface area contributed by atoms with Crippen molar-refractivity contribution >= 4 is 5.91 Å². The molecular weight excluding hydrogens is 192 g/mol. The predicted molar refractivity (Wildman–Crippen MR) is 61.7 cm³/mol. The second kappa shape index (κ2) is 9.93. The number of likely N-dealkylation sites (N-methyl/N-ethyl adjacent to an activating group) is 1. The van der Waals surface area contributed by atoms with Crippen molar-refractivity contribution in [1.29, 1.82) is 0 Å². The summed E-state index contributed by atoms with van der Waals surface area (Å²) in [4.78, 5) is 13.3. The van der Waals surface area contributed by atoms with Crippen LogP contribution in [0.3, 0.4) is 0 Å². The fourth-order valence-electron chi connectivity index (χ4n) is 1.35. The predicted octanol–water partition coefficient (Wildman–Crippen LogP) is 1.00. The van der Waals surface area contributed by atoms with Gasteiger partial charge in [0.05, 0.1) is 0 Å². The number of hydrogen-bond donors (Lipinski definition) is 1. The van der Waals surface area contributed by atoms with Gasteiger partial charge in [0, 0.05) is 19.7 Å². The smallest absolute Gasteiger partial charge is 0.248 e. The minimum Gasteiger partial charge on any atom is -0.372 e. The van der Waals surface area contributed by atoms with Crippen LogP contribution >= 0.6 is 0 Å². The maximum absolute atomic E-state index is 11.5. The van der Waals surface area contributed by atoms with Gasteiger partial charge in [0.15, 0.2) is 0 Å². The third-order valence-corrected chi connectivity index (χ3v) is 2.33. The Morgan fingerprint density at radius 3 is 2.40 bits per heavy atom. The summed E-state index contributed by atoms with van der Waals surface area (Å²) in [5.74, 6) is 0.0822. The minimum absolute atomic E-state index is 0.0822. The monoisotopic (exact) mass is 216 g/mol. The molecule has 0 rings (SSSR count). The molecular formula is C11H24N2O2. The molecule has 0 radical (unpaired) electrons. The molecule has 90 valence electrons. The van der Waals surface area contributed by atoms with Crippen LogP contribution < -0.4 is 5.73 Å². The number of carbonyl (C=O) groups is 1. The molecule has 0 saturated carbocycles. The lowest BCUT2D eigenvalue weighted by Gasteiger charge is -2.18. The van der Waals surface area contributed by atoms with Gasteiger partial charge < -0.3 is 15.4 Å². The number of nitrogens with zero attached hydrogens (tertiary/aromatic N) is 1. The summed E-state index contributed by atoms with van der Waals surface area (Å²) in [6.45, 7) is 7.07. The third kappa shape index (κ3) is 7.33. The van der Waals surface area contributed by atoms with Gasteiger partial charge in [-0.05, 0) is 39.7 Å². The second-order valence-electron chi connectivity index (χ2n) is 3.47. The van der Waals surface area contributed by atoms with Gasteiger partial charge in [0.1, 0.15) is 6.61 Å². The van der Waals surface area contributed by atoms with Crippen molar-refractivity contribution in [2.24, 2.45) is 5.73 Å². The summed E-state index contributed by atoms with van der Waals surface area (Å²) in [6.07, 6.45) is 3.10. The van der Waals surface area contributed by atoms with E-state index in [0.717, 1.165) is 38.9 Å². The molecule has 0 saturated heterocycles. The van der Waals surface area contributed by atoms with Crippen LogP contribution in [-0.4, -0.2) is 43.7 Å². The highest BCUT2D eigenvalue weighted by atomic mass is 16.5. The Morgan fingerprint density at radius 2 is 1.87 bits per heavy atom. The first-order valence-corrected chi connectivity index (χ1v) is 5.81. The van der Waals surface area contributed by atoms with Gasteiger partial charge in [-0.3, -0.25) is 4.79 Å². The summed E-state index contributed by atoms with van der Waals surface area (Å²) in [5.41, 5.74) is 5.37. The van der Waals surface area contributed by atoms with E-state index in [9.17, 15) is 4.79 Å². The number of nitrogens with two attached hydrogens (primary N) is 1. The van der Waals surface area contributed by atoms with Gasteiger partial charge >= 0.3 is 0 Å². The zero-order valence-corrected chi connectivity index (χ0v) is 10.00. The average Bonchev–Trinajstić information content (AvgIpc) is 2.25. The van der Waals surface area contributed by atoms with Crippen LogP contribution in [0, 0.1) is 0 Å². The van der Waals surface area contributed by atoms with Crippen molar-refractivity contribution in [3.8, 4) is 0 Å². The molecule has 0 bridgehead atoms. The average molecular weight is 216 g/mol. The zero-order chi connectivity index (χ0) is 11.5. The van der Waals surface area contributed by atoms with Crippen molar-refractivity contribution in [2.75, 3.05) is 32.8 Å². The number of unbranched alkanes of at least 4 members (excludes halogenated alkanes) is 2. The molecule has 0 heterocycles. The third-order valence-electron chi connectivity index (χ3n) is 2.33. The van der Waals surface area contributed by atoms with E-state index in [2.05, 4.69) is 0 Å². The van der Waals surface area contributed by atoms with Crippen molar-refractivity contribution in [2.45, 2.75) is 33.1 Å². The first-order valence-electron chi connectivity index (χ1n) is 5.81. The van der Waals surface area contributed by atoms with Gasteiger partial charge in [0.2, 0.25) is 5.91 Å². The van der Waals surface area contributed by atoms with Gasteiger partial charge in [0.25, 0.3) is 0 Å². The van der Waals surface area contributed by atoms with Crippen molar-refractivity contribution in [1.82, 2.24) is 4.90 Å². The van der Waals surface area contributed by atoms with Gasteiger partial charge in [-0.15, -0.1) is 0 Å². The Bertz CT molecular complexity index is 159. The Hall–Kier alpha value is -0.610. The minimum atomic E-state index is 0.0822. The van der Waals surface area contributed by atoms with Gasteiger partial charge in [-0.25, -0.2) is 0 Å². The molecule has 0 aromatic carbocycles. The topological polar surface area (TPSA) is 55.6 Å². The Kier molecular flexibility index (Phi) is 9.52. The number of carbonyl (C=O) groups excluding carboxylic acids is 1. The lowest BCUT2D eigenvalue weighted by molar-refractivity contribution is -0.135. The van der Waals surface area contributed by atoms with Crippen LogP contribution in [0.15, 0.2) is 0 Å². The van der Waals surface area contributed by atoms with E-state index < -0.39 is 0 Å². The highest BCUT2D eigenvalue weighted by molar-refractivity contribution is 5.77. The molecule has 1 amide bonds. The van der Waals surface area contributed by atoms with Crippen LogP contribution in [0.4, 0.5) is 0 Å². The Labute approximate surface area is 92.8 Å². The Balaban J connectivity index is 3.38. The number of rotatable bonds is 9. The molecule has 4 heteroatoms. The fourth-order valence-corrected chi connectivity index (χ4v) is 1.35. The number of hydrogen-bond acceptors (Lipinski definition) is 3. The van der Waals surface area contributed by atoms with Crippen molar-refractivity contribution < 1.29 is 9.53 Å². The molecule has 0 aromatic heterocycles. The molecule has 0 atom stereocenters. The van der Waals surface area contributed by atoms with E-state index in [1.165, 1.54) is 0 Å². The molecule has 0 fully saturated rings. The van der Waals surface area contributed by atoms with E-state index in [1.807, 2.05) is 13.8 Å². The highest BCUT2D eigenvalue weighted by Crippen LogP contribution is 1.95. The number of ether oxygens (including phenoxy) is 1. The lowest BCUT2D eigenvalue weighted by atomic mass is 10.2. The zero-order valence-electron chi connectivity index (χ0n) is 10.00. The van der Waals surface area contributed by atoms with Crippen molar-refractivity contribution in [3.05, 3.63) is 0 Å².